The van der Waals surface area contributed by atoms with Crippen molar-refractivity contribution < 1.29 is 9.90 Å². The predicted molar refractivity (Wildman–Crippen MR) is 183 cm³/mol. The van der Waals surface area contributed by atoms with Crippen LogP contribution >= 0.6 is 0 Å². The Hall–Kier alpha value is -5.66. The molecule has 1 heterocycles. The molecule has 0 radical (unpaired) electrons. The summed E-state index contributed by atoms with van der Waals surface area (Å²) in [4.78, 5) is 0. The van der Waals surface area contributed by atoms with Crippen LogP contribution in [0.4, 0.5) is 0 Å². The molecular formula is C42H26O. The molecule has 0 bridgehead atoms. The van der Waals surface area contributed by atoms with Crippen LogP contribution in [0, 0.1) is 0 Å². The van der Waals surface area contributed by atoms with E-state index in [-0.39, 0.29) is 24.2 Å². The lowest BCUT2D eigenvalue weighted by molar-refractivity contribution is 0.673. The van der Waals surface area contributed by atoms with E-state index in [1.54, 1.807) is 6.07 Å². The second kappa shape index (κ2) is 9.44. The van der Waals surface area contributed by atoms with Crippen LogP contribution in [0.2, 0.25) is 0 Å². The van der Waals surface area contributed by atoms with Crippen molar-refractivity contribution >= 4 is 54.3 Å². The van der Waals surface area contributed by atoms with Crippen molar-refractivity contribution in [3.8, 4) is 33.4 Å². The van der Waals surface area contributed by atoms with Crippen LogP contribution in [0.25, 0.3) is 87.6 Å². The highest BCUT2D eigenvalue weighted by Gasteiger charge is 2.18. The van der Waals surface area contributed by atoms with E-state index in [0.717, 1.165) is 27.5 Å². The zero-order valence-corrected chi connectivity index (χ0v) is 23.1. The Morgan fingerprint density at radius 3 is 1.67 bits per heavy atom. The van der Waals surface area contributed by atoms with E-state index >= 15 is 0 Å². The average molecular weight is 551 g/mol. The molecule has 9 aromatic rings. The van der Waals surface area contributed by atoms with Crippen LogP contribution in [-0.4, -0.2) is 0 Å². The van der Waals surface area contributed by atoms with Gasteiger partial charge in [-0.05, 0) is 72.4 Å². The molecule has 8 aromatic carbocycles. The molecule has 0 atom stereocenters. The Labute approximate surface area is 254 Å². The Morgan fingerprint density at radius 2 is 1.00 bits per heavy atom. The molecule has 1 heteroatoms. The van der Waals surface area contributed by atoms with E-state index < -0.39 is 0 Å². The monoisotopic (exact) mass is 550 g/mol. The number of benzene rings is 8. The fraction of sp³-hybridized carbons (Fsp3) is 0. The van der Waals surface area contributed by atoms with Gasteiger partial charge >= 0.3 is 0 Å². The highest BCUT2D eigenvalue weighted by molar-refractivity contribution is 6.22. The Kier molecular flexibility index (Phi) is 4.45. The molecule has 1 nitrogen and oxygen atoms in total. The normalized spacial score (nSPS) is 13.0. The van der Waals surface area contributed by atoms with E-state index in [1.165, 1.54) is 38.2 Å². The number of hydrogen-bond acceptors (Lipinski definition) is 1. The smallest absolute Gasteiger partial charge is 0.143 e. The van der Waals surface area contributed by atoms with Gasteiger partial charge in [-0.3, -0.25) is 0 Å². The highest BCUT2D eigenvalue weighted by Crippen LogP contribution is 2.44. The predicted octanol–water partition coefficient (Wildman–Crippen LogP) is 12.0. The lowest BCUT2D eigenvalue weighted by Crippen LogP contribution is -1.90. The fourth-order valence-electron chi connectivity index (χ4n) is 6.72. The Balaban J connectivity index is 1.25. The molecule has 0 N–H and O–H groups in total. The van der Waals surface area contributed by atoms with Crippen molar-refractivity contribution in [3.05, 3.63) is 158 Å². The van der Waals surface area contributed by atoms with Crippen LogP contribution in [0.1, 0.15) is 5.48 Å². The molecule has 0 unspecified atom stereocenters. The number of fused-ring (bicyclic) bond motifs is 7. The summed E-state index contributed by atoms with van der Waals surface area (Å²) in [6.07, 6.45) is 0. The lowest BCUT2D eigenvalue weighted by atomic mass is 9.85. The molecule has 0 amide bonds. The maximum atomic E-state index is 8.63. The number of rotatable bonds is 3. The molecule has 1 aromatic heterocycles. The summed E-state index contributed by atoms with van der Waals surface area (Å²) in [7, 11) is 0. The standard InChI is InChI=1S/C42H26O/c1-2-12-29(13-3-1)39-33-15-6-8-17-35(33)40(36-18-9-7-16-34(36)39)30-23-21-28(22-24-30)31-19-10-20-38-41(31)37-26-25-27-11-4-5-14-32(27)42(37)43-38/h1-26H/i4D,5D,11D,14D. The van der Waals surface area contributed by atoms with E-state index in [4.69, 9.17) is 9.90 Å². The molecule has 0 fully saturated rings. The lowest BCUT2D eigenvalue weighted by Gasteiger charge is -2.18. The van der Waals surface area contributed by atoms with E-state index in [9.17, 15) is 0 Å². The van der Waals surface area contributed by atoms with Gasteiger partial charge in [-0.25, -0.2) is 0 Å². The van der Waals surface area contributed by atoms with Crippen molar-refractivity contribution in [2.75, 3.05) is 0 Å². The van der Waals surface area contributed by atoms with Gasteiger partial charge in [-0.15, -0.1) is 0 Å². The maximum Gasteiger partial charge on any atom is 0.143 e. The molecule has 200 valence electrons. The molecule has 0 aliphatic heterocycles. The zero-order valence-electron chi connectivity index (χ0n) is 27.1. The van der Waals surface area contributed by atoms with Gasteiger partial charge in [0.2, 0.25) is 0 Å². The minimum Gasteiger partial charge on any atom is -0.455 e. The molecule has 0 aliphatic carbocycles. The largest absolute Gasteiger partial charge is 0.455 e. The summed E-state index contributed by atoms with van der Waals surface area (Å²) in [5.41, 5.74) is 7.97. The fourth-order valence-corrected chi connectivity index (χ4v) is 6.72. The minimum atomic E-state index is -0.261. The van der Waals surface area contributed by atoms with E-state index in [2.05, 4.69) is 109 Å². The molecule has 0 aliphatic rings. The SMILES string of the molecule is [2H]c1c([2H])c([2H])c2c(ccc3c2oc2cccc(-c4ccc(-c5c6ccccc6c(-c6ccccc6)c6ccccc56)cc4)c23)c1[2H]. The van der Waals surface area contributed by atoms with Gasteiger partial charge in [0.15, 0.2) is 0 Å². The quantitative estimate of drug-likeness (QED) is 0.199. The first-order valence-electron chi connectivity index (χ1n) is 16.4. The first kappa shape index (κ1) is 20.3. The Bertz CT molecular complexity index is 2650. The van der Waals surface area contributed by atoms with Gasteiger partial charge in [-0.1, -0.05) is 145 Å². The summed E-state index contributed by atoms with van der Waals surface area (Å²) >= 11 is 0. The Morgan fingerprint density at radius 1 is 0.419 bits per heavy atom. The molecule has 0 spiro atoms. The van der Waals surface area contributed by atoms with Crippen LogP contribution in [0.5, 0.6) is 0 Å². The van der Waals surface area contributed by atoms with Crippen molar-refractivity contribution in [1.29, 1.82) is 0 Å². The molecular weight excluding hydrogens is 520 g/mol. The van der Waals surface area contributed by atoms with Crippen LogP contribution < -0.4 is 0 Å². The number of hydrogen-bond donors (Lipinski definition) is 0. The zero-order chi connectivity index (χ0) is 31.8. The molecule has 43 heavy (non-hydrogen) atoms. The molecule has 0 saturated heterocycles. The topological polar surface area (TPSA) is 13.1 Å². The molecule has 0 saturated carbocycles. The van der Waals surface area contributed by atoms with E-state index in [1.807, 2.05) is 18.2 Å². The first-order valence-corrected chi connectivity index (χ1v) is 14.4. The van der Waals surface area contributed by atoms with E-state index in [0.29, 0.717) is 21.9 Å². The van der Waals surface area contributed by atoms with Gasteiger partial charge < -0.3 is 4.42 Å². The van der Waals surface area contributed by atoms with Gasteiger partial charge in [0.1, 0.15) is 11.2 Å². The van der Waals surface area contributed by atoms with Crippen molar-refractivity contribution in [2.45, 2.75) is 0 Å². The summed E-state index contributed by atoms with van der Waals surface area (Å²) in [6, 6.07) is 45.6. The summed E-state index contributed by atoms with van der Waals surface area (Å²) in [6.45, 7) is 0. The first-order chi connectivity index (χ1) is 23.0. The van der Waals surface area contributed by atoms with Gasteiger partial charge in [-0.2, -0.15) is 0 Å². The van der Waals surface area contributed by atoms with Gasteiger partial charge in [0, 0.05) is 16.2 Å². The summed E-state index contributed by atoms with van der Waals surface area (Å²) in [5, 5.41) is 7.45. The van der Waals surface area contributed by atoms with Crippen molar-refractivity contribution in [1.82, 2.24) is 0 Å². The van der Waals surface area contributed by atoms with Crippen LogP contribution in [0.15, 0.2) is 162 Å². The average Bonchev–Trinajstić information content (AvgIpc) is 3.51. The highest BCUT2D eigenvalue weighted by atomic mass is 16.3. The van der Waals surface area contributed by atoms with Crippen LogP contribution in [-0.2, 0) is 0 Å². The molecule has 9 rings (SSSR count). The third-order valence-electron chi connectivity index (χ3n) is 8.59. The van der Waals surface area contributed by atoms with Crippen LogP contribution in [0.3, 0.4) is 0 Å². The maximum absolute atomic E-state index is 8.63. The number of furan rings is 1. The van der Waals surface area contributed by atoms with Gasteiger partial charge in [0.25, 0.3) is 0 Å². The van der Waals surface area contributed by atoms with Gasteiger partial charge in [0.05, 0.1) is 5.48 Å². The minimum absolute atomic E-state index is 0.0592. The summed E-state index contributed by atoms with van der Waals surface area (Å²) < 4.78 is 39.8. The van der Waals surface area contributed by atoms with Crippen molar-refractivity contribution in [2.24, 2.45) is 0 Å². The third-order valence-corrected chi connectivity index (χ3v) is 8.59. The van der Waals surface area contributed by atoms with Crippen molar-refractivity contribution in [3.63, 3.8) is 0 Å². The second-order valence-corrected chi connectivity index (χ2v) is 10.9. The third kappa shape index (κ3) is 3.65. The second-order valence-electron chi connectivity index (χ2n) is 10.9. The summed E-state index contributed by atoms with van der Waals surface area (Å²) in [5.74, 6) is 0.